The number of benzene rings is 1. The van der Waals surface area contributed by atoms with Gasteiger partial charge in [0.2, 0.25) is 0 Å². The van der Waals surface area contributed by atoms with Crippen LogP contribution in [0.4, 0.5) is 5.69 Å². The molecule has 0 saturated carbocycles. The van der Waals surface area contributed by atoms with Crippen LogP contribution in [0, 0.1) is 0 Å². The van der Waals surface area contributed by atoms with Crippen LogP contribution < -0.4 is 10.2 Å². The maximum atomic E-state index is 12.1. The Morgan fingerprint density at radius 1 is 1.29 bits per heavy atom. The second kappa shape index (κ2) is 7.05. The molecule has 116 valence electrons. The van der Waals surface area contributed by atoms with E-state index in [1.54, 1.807) is 0 Å². The van der Waals surface area contributed by atoms with Gasteiger partial charge in [-0.25, -0.2) is 0 Å². The molecule has 21 heavy (non-hydrogen) atoms. The second-order valence-corrected chi connectivity index (χ2v) is 6.07. The van der Waals surface area contributed by atoms with E-state index in [4.69, 9.17) is 0 Å². The zero-order valence-corrected chi connectivity index (χ0v) is 13.6. The van der Waals surface area contributed by atoms with Crippen molar-refractivity contribution < 1.29 is 4.79 Å². The first-order valence-corrected chi connectivity index (χ1v) is 7.76. The number of ketones is 1. The van der Waals surface area contributed by atoms with Crippen LogP contribution in [0.15, 0.2) is 24.3 Å². The summed E-state index contributed by atoms with van der Waals surface area (Å²) in [6, 6.07) is 8.47. The normalized spacial score (nSPS) is 18.5. The van der Waals surface area contributed by atoms with Crippen molar-refractivity contribution >= 4 is 11.5 Å². The number of Topliss-reactive ketones (excluding diaryl/α,β-unsaturated/α-hetero) is 1. The molecule has 1 unspecified atom stereocenters. The average molecular weight is 289 g/mol. The number of nitrogens with one attached hydrogen (secondary N) is 1. The van der Waals surface area contributed by atoms with Gasteiger partial charge in [0.25, 0.3) is 0 Å². The van der Waals surface area contributed by atoms with Crippen LogP contribution in [0.1, 0.15) is 30.1 Å². The highest BCUT2D eigenvalue weighted by molar-refractivity contribution is 6.00. The molecule has 1 saturated heterocycles. The molecular formula is C17H27N3O. The van der Waals surface area contributed by atoms with Crippen molar-refractivity contribution in [3.8, 4) is 0 Å². The fourth-order valence-electron chi connectivity index (χ4n) is 2.84. The number of anilines is 1. The molecule has 1 heterocycles. The van der Waals surface area contributed by atoms with E-state index in [1.807, 2.05) is 26.1 Å². The number of carbonyl (C=O) groups excluding carboxylic acids is 1. The van der Waals surface area contributed by atoms with Gasteiger partial charge in [-0.1, -0.05) is 0 Å². The smallest absolute Gasteiger partial charge is 0.179 e. The van der Waals surface area contributed by atoms with Gasteiger partial charge in [0.1, 0.15) is 0 Å². The van der Waals surface area contributed by atoms with Gasteiger partial charge in [-0.05, 0) is 71.2 Å². The van der Waals surface area contributed by atoms with Crippen LogP contribution in [0.25, 0.3) is 0 Å². The number of rotatable bonds is 5. The molecule has 1 aromatic carbocycles. The SMILES string of the molecule is CNC(C)C(=O)c1ccc(N(C)C2CCN(C)CC2)cc1. The average Bonchev–Trinajstić information content (AvgIpc) is 2.53. The van der Waals surface area contributed by atoms with Crippen LogP contribution in [-0.2, 0) is 0 Å². The third kappa shape index (κ3) is 3.83. The summed E-state index contributed by atoms with van der Waals surface area (Å²) in [6.45, 7) is 4.21. The van der Waals surface area contributed by atoms with Gasteiger partial charge in [-0.3, -0.25) is 4.79 Å². The zero-order chi connectivity index (χ0) is 15.4. The molecule has 1 aromatic rings. The number of carbonyl (C=O) groups is 1. The highest BCUT2D eigenvalue weighted by Crippen LogP contribution is 2.22. The predicted octanol–water partition coefficient (Wildman–Crippen LogP) is 2.01. The first-order valence-electron chi connectivity index (χ1n) is 7.76. The lowest BCUT2D eigenvalue weighted by molar-refractivity contribution is 0.0955. The van der Waals surface area contributed by atoms with Crippen molar-refractivity contribution in [1.82, 2.24) is 10.2 Å². The standard InChI is InChI=1S/C17H27N3O/c1-13(18-2)17(21)14-5-7-15(8-6-14)20(4)16-9-11-19(3)12-10-16/h5-8,13,16,18H,9-12H2,1-4H3. The molecule has 1 atom stereocenters. The second-order valence-electron chi connectivity index (χ2n) is 6.07. The number of hydrogen-bond donors (Lipinski definition) is 1. The minimum atomic E-state index is -0.137. The van der Waals surface area contributed by atoms with Gasteiger partial charge < -0.3 is 15.1 Å². The van der Waals surface area contributed by atoms with Gasteiger partial charge in [-0.2, -0.15) is 0 Å². The number of likely N-dealkylation sites (N-methyl/N-ethyl adjacent to an activating group) is 1. The minimum Gasteiger partial charge on any atom is -0.372 e. The molecular weight excluding hydrogens is 262 g/mol. The molecule has 0 spiro atoms. The van der Waals surface area contributed by atoms with Crippen molar-refractivity contribution in [1.29, 1.82) is 0 Å². The molecule has 4 heteroatoms. The number of likely N-dealkylation sites (tertiary alicyclic amines) is 1. The summed E-state index contributed by atoms with van der Waals surface area (Å²) in [5, 5.41) is 2.99. The Morgan fingerprint density at radius 2 is 1.86 bits per heavy atom. The van der Waals surface area contributed by atoms with Gasteiger partial charge in [0.05, 0.1) is 6.04 Å². The van der Waals surface area contributed by atoms with Crippen LogP contribution in [0.2, 0.25) is 0 Å². The lowest BCUT2D eigenvalue weighted by atomic mass is 10.0. The van der Waals surface area contributed by atoms with Crippen molar-refractivity contribution in [2.24, 2.45) is 0 Å². The van der Waals surface area contributed by atoms with Crippen LogP contribution in [0.5, 0.6) is 0 Å². The lowest BCUT2D eigenvalue weighted by Crippen LogP contribution is -2.42. The Hall–Kier alpha value is -1.39. The van der Waals surface area contributed by atoms with E-state index in [-0.39, 0.29) is 11.8 Å². The van der Waals surface area contributed by atoms with Crippen LogP contribution >= 0.6 is 0 Å². The maximum Gasteiger partial charge on any atom is 0.179 e. The molecule has 2 rings (SSSR count). The van der Waals surface area contributed by atoms with Gasteiger partial charge >= 0.3 is 0 Å². The molecule has 0 amide bonds. The van der Waals surface area contributed by atoms with Gasteiger partial charge in [-0.15, -0.1) is 0 Å². The minimum absolute atomic E-state index is 0.137. The molecule has 4 nitrogen and oxygen atoms in total. The van der Waals surface area contributed by atoms with E-state index in [0.29, 0.717) is 6.04 Å². The molecule has 1 fully saturated rings. The fraction of sp³-hybridized carbons (Fsp3) is 0.588. The quantitative estimate of drug-likeness (QED) is 0.841. The molecule has 0 bridgehead atoms. The molecule has 0 aromatic heterocycles. The van der Waals surface area contributed by atoms with Crippen LogP contribution in [-0.4, -0.2) is 57.0 Å². The third-order valence-electron chi connectivity index (χ3n) is 4.62. The monoisotopic (exact) mass is 289 g/mol. The summed E-state index contributed by atoms with van der Waals surface area (Å²) in [5.41, 5.74) is 1.97. The van der Waals surface area contributed by atoms with Gasteiger partial charge in [0, 0.05) is 24.3 Å². The molecule has 1 N–H and O–H groups in total. The Morgan fingerprint density at radius 3 is 2.38 bits per heavy atom. The summed E-state index contributed by atoms with van der Waals surface area (Å²) in [6.07, 6.45) is 2.40. The summed E-state index contributed by atoms with van der Waals surface area (Å²) >= 11 is 0. The first kappa shape index (κ1) is 16.0. The van der Waals surface area contributed by atoms with Gasteiger partial charge in [0.15, 0.2) is 5.78 Å². The Labute approximate surface area is 128 Å². The highest BCUT2D eigenvalue weighted by atomic mass is 16.1. The summed E-state index contributed by atoms with van der Waals surface area (Å²) in [4.78, 5) is 16.8. The van der Waals surface area contributed by atoms with Crippen molar-refractivity contribution in [3.05, 3.63) is 29.8 Å². The zero-order valence-electron chi connectivity index (χ0n) is 13.6. The first-order chi connectivity index (χ1) is 10.0. The molecule has 0 aliphatic carbocycles. The maximum absolute atomic E-state index is 12.1. The van der Waals surface area contributed by atoms with E-state index >= 15 is 0 Å². The number of hydrogen-bond acceptors (Lipinski definition) is 4. The van der Waals surface area contributed by atoms with E-state index in [0.717, 1.165) is 18.7 Å². The predicted molar refractivity (Wildman–Crippen MR) is 88.2 cm³/mol. The fourth-order valence-corrected chi connectivity index (χ4v) is 2.84. The third-order valence-corrected chi connectivity index (χ3v) is 4.62. The highest BCUT2D eigenvalue weighted by Gasteiger charge is 2.21. The van der Waals surface area contributed by atoms with Crippen molar-refractivity contribution in [2.75, 3.05) is 39.1 Å². The van der Waals surface area contributed by atoms with Crippen molar-refractivity contribution in [2.45, 2.75) is 31.8 Å². The Balaban J connectivity index is 2.03. The largest absolute Gasteiger partial charge is 0.372 e. The summed E-state index contributed by atoms with van der Waals surface area (Å²) in [5.74, 6) is 0.144. The summed E-state index contributed by atoms with van der Waals surface area (Å²) < 4.78 is 0. The van der Waals surface area contributed by atoms with E-state index in [2.05, 4.69) is 41.3 Å². The van der Waals surface area contributed by atoms with Crippen LogP contribution in [0.3, 0.4) is 0 Å². The molecule has 1 aliphatic rings. The van der Waals surface area contributed by atoms with E-state index < -0.39 is 0 Å². The molecule has 1 aliphatic heterocycles. The van der Waals surface area contributed by atoms with E-state index in [1.165, 1.54) is 18.5 Å². The lowest BCUT2D eigenvalue weighted by Gasteiger charge is -2.36. The number of nitrogens with zero attached hydrogens (tertiary/aromatic N) is 2. The van der Waals surface area contributed by atoms with Crippen molar-refractivity contribution in [3.63, 3.8) is 0 Å². The Bertz CT molecular complexity index is 463. The topological polar surface area (TPSA) is 35.6 Å². The molecule has 0 radical (unpaired) electrons. The number of piperidine rings is 1. The Kier molecular flexibility index (Phi) is 5.37. The van der Waals surface area contributed by atoms with E-state index in [9.17, 15) is 4.79 Å². The summed E-state index contributed by atoms with van der Waals surface area (Å²) in [7, 11) is 6.15.